The molecule has 0 atom stereocenters. The average molecular weight is 132 g/mol. The molecule has 0 fully saturated rings. The quantitative estimate of drug-likeness (QED) is 0.496. The molecule has 0 heterocycles. The van der Waals surface area contributed by atoms with E-state index < -0.39 is 0 Å². The van der Waals surface area contributed by atoms with Gasteiger partial charge in [0.15, 0.2) is 0 Å². The van der Waals surface area contributed by atoms with Crippen molar-refractivity contribution in [2.75, 3.05) is 0 Å². The molecule has 1 heteroatoms. The van der Waals surface area contributed by atoms with Crippen LogP contribution >= 0.6 is 0 Å². The first-order chi connectivity index (χ1) is 4.74. The van der Waals surface area contributed by atoms with Gasteiger partial charge in [-0.2, -0.15) is 0 Å². The Hall–Kier alpha value is -0.715. The predicted molar refractivity (Wildman–Crippen MR) is 48.7 cm³/mol. The largest absolute Gasteiger partial charge is 0.139 e. The third-order valence-electron chi connectivity index (χ3n) is 1.88. The van der Waals surface area contributed by atoms with Crippen molar-refractivity contribution in [3.8, 4) is 0 Å². The lowest BCUT2D eigenvalue weighted by molar-refractivity contribution is 1.11. The van der Waals surface area contributed by atoms with Crippen molar-refractivity contribution in [3.05, 3.63) is 29.3 Å². The van der Waals surface area contributed by atoms with Gasteiger partial charge in [-0.3, -0.25) is 0 Å². The van der Waals surface area contributed by atoms with Gasteiger partial charge in [0.05, 0.1) is 0 Å². The Bertz CT molecular complexity index is 228. The van der Waals surface area contributed by atoms with E-state index in [9.17, 15) is 0 Å². The predicted octanol–water partition coefficient (Wildman–Crippen LogP) is 0.816. The standard InChI is InChI=1S/C9H13B/c1-3-8-4-5-9(10)6-7(8)2/h4-6H,3,10H2,1-2H3. The summed E-state index contributed by atoms with van der Waals surface area (Å²) < 4.78 is 0. The maximum absolute atomic E-state index is 2.23. The summed E-state index contributed by atoms with van der Waals surface area (Å²) in [7, 11) is 2.13. The zero-order chi connectivity index (χ0) is 7.56. The number of hydrogen-bond donors (Lipinski definition) is 0. The number of hydrogen-bond acceptors (Lipinski definition) is 0. The summed E-state index contributed by atoms with van der Waals surface area (Å²) >= 11 is 0. The van der Waals surface area contributed by atoms with Crippen LogP contribution in [-0.2, 0) is 6.42 Å². The number of benzene rings is 1. The van der Waals surface area contributed by atoms with Crippen LogP contribution in [0.15, 0.2) is 18.2 Å². The Morgan fingerprint density at radius 1 is 1.40 bits per heavy atom. The lowest BCUT2D eigenvalue weighted by Crippen LogP contribution is -2.03. The van der Waals surface area contributed by atoms with Gasteiger partial charge in [-0.15, -0.1) is 0 Å². The van der Waals surface area contributed by atoms with Crippen molar-refractivity contribution in [2.24, 2.45) is 0 Å². The van der Waals surface area contributed by atoms with Crippen molar-refractivity contribution in [1.29, 1.82) is 0 Å². The molecule has 0 aliphatic heterocycles. The molecule has 0 aliphatic carbocycles. The number of aryl methyl sites for hydroxylation is 2. The molecule has 0 aromatic heterocycles. The monoisotopic (exact) mass is 132 g/mol. The molecule has 0 amide bonds. The lowest BCUT2D eigenvalue weighted by Gasteiger charge is -2.02. The third-order valence-corrected chi connectivity index (χ3v) is 1.88. The minimum atomic E-state index is 1.14. The molecule has 0 N–H and O–H groups in total. The highest BCUT2D eigenvalue weighted by atomic mass is 14.0. The van der Waals surface area contributed by atoms with E-state index in [2.05, 4.69) is 39.9 Å². The zero-order valence-electron chi connectivity index (χ0n) is 6.94. The van der Waals surface area contributed by atoms with E-state index in [1.807, 2.05) is 0 Å². The molecule has 0 radical (unpaired) electrons. The highest BCUT2D eigenvalue weighted by Gasteiger charge is 1.93. The minimum Gasteiger partial charge on any atom is -0.0887 e. The van der Waals surface area contributed by atoms with Crippen LogP contribution in [0.25, 0.3) is 0 Å². The smallest absolute Gasteiger partial charge is 0.0887 e. The Morgan fingerprint density at radius 2 is 2.10 bits per heavy atom. The van der Waals surface area contributed by atoms with Crippen LogP contribution in [0.3, 0.4) is 0 Å². The fourth-order valence-corrected chi connectivity index (χ4v) is 1.24. The van der Waals surface area contributed by atoms with E-state index in [4.69, 9.17) is 0 Å². The van der Waals surface area contributed by atoms with E-state index in [0.717, 1.165) is 6.42 Å². The SMILES string of the molecule is Bc1ccc(CC)c(C)c1. The molecular weight excluding hydrogens is 119 g/mol. The second kappa shape index (κ2) is 2.91. The molecule has 0 aliphatic rings. The number of rotatable bonds is 1. The average Bonchev–Trinajstić information content (AvgIpc) is 1.88. The normalized spacial score (nSPS) is 9.80. The minimum absolute atomic E-state index is 1.14. The maximum Gasteiger partial charge on any atom is 0.139 e. The molecule has 0 spiro atoms. The fraction of sp³-hybridized carbons (Fsp3) is 0.333. The summed E-state index contributed by atoms with van der Waals surface area (Å²) in [4.78, 5) is 0. The van der Waals surface area contributed by atoms with Gasteiger partial charge >= 0.3 is 0 Å². The Kier molecular flexibility index (Phi) is 2.15. The van der Waals surface area contributed by atoms with Crippen LogP contribution < -0.4 is 5.46 Å². The summed E-state index contributed by atoms with van der Waals surface area (Å²) in [6.07, 6.45) is 1.14. The molecule has 0 bridgehead atoms. The van der Waals surface area contributed by atoms with Gasteiger partial charge in [0.2, 0.25) is 0 Å². The first-order valence-electron chi connectivity index (χ1n) is 3.80. The summed E-state index contributed by atoms with van der Waals surface area (Å²) in [6, 6.07) is 6.62. The first kappa shape index (κ1) is 7.39. The van der Waals surface area contributed by atoms with Crippen LogP contribution in [0, 0.1) is 6.92 Å². The molecule has 0 nitrogen and oxygen atoms in total. The Balaban J connectivity index is 3.07. The van der Waals surface area contributed by atoms with Gasteiger partial charge in [0.25, 0.3) is 0 Å². The zero-order valence-corrected chi connectivity index (χ0v) is 6.94. The summed E-state index contributed by atoms with van der Waals surface area (Å²) in [5.41, 5.74) is 4.24. The molecular formula is C9H13B. The van der Waals surface area contributed by atoms with Crippen molar-refractivity contribution in [3.63, 3.8) is 0 Å². The van der Waals surface area contributed by atoms with Crippen LogP contribution in [0.1, 0.15) is 18.1 Å². The van der Waals surface area contributed by atoms with E-state index in [-0.39, 0.29) is 0 Å². The highest BCUT2D eigenvalue weighted by molar-refractivity contribution is 6.32. The van der Waals surface area contributed by atoms with Crippen LogP contribution in [0.2, 0.25) is 0 Å². The highest BCUT2D eigenvalue weighted by Crippen LogP contribution is 2.04. The molecule has 0 unspecified atom stereocenters. The first-order valence-corrected chi connectivity index (χ1v) is 3.80. The van der Waals surface area contributed by atoms with Crippen LogP contribution in [0.5, 0.6) is 0 Å². The summed E-state index contributed by atoms with van der Waals surface area (Å²) in [5.74, 6) is 0. The van der Waals surface area contributed by atoms with Gasteiger partial charge < -0.3 is 0 Å². The molecule has 1 rings (SSSR count). The summed E-state index contributed by atoms with van der Waals surface area (Å²) in [6.45, 7) is 4.36. The van der Waals surface area contributed by atoms with E-state index in [1.165, 1.54) is 16.6 Å². The van der Waals surface area contributed by atoms with Crippen molar-refractivity contribution in [1.82, 2.24) is 0 Å². The van der Waals surface area contributed by atoms with E-state index in [1.54, 1.807) is 0 Å². The molecule has 0 saturated carbocycles. The Morgan fingerprint density at radius 3 is 2.60 bits per heavy atom. The van der Waals surface area contributed by atoms with Gasteiger partial charge in [-0.1, -0.05) is 30.6 Å². The summed E-state index contributed by atoms with van der Waals surface area (Å²) in [5, 5.41) is 0. The third kappa shape index (κ3) is 1.41. The van der Waals surface area contributed by atoms with Gasteiger partial charge in [-0.25, -0.2) is 0 Å². The Labute approximate surface area is 63.7 Å². The van der Waals surface area contributed by atoms with Gasteiger partial charge in [0.1, 0.15) is 7.85 Å². The van der Waals surface area contributed by atoms with Crippen molar-refractivity contribution >= 4 is 13.3 Å². The molecule has 52 valence electrons. The molecule has 10 heavy (non-hydrogen) atoms. The second-order valence-corrected chi connectivity index (χ2v) is 2.78. The lowest BCUT2D eigenvalue weighted by atomic mass is 9.92. The van der Waals surface area contributed by atoms with E-state index in [0.29, 0.717) is 0 Å². The molecule has 1 aromatic carbocycles. The van der Waals surface area contributed by atoms with Crippen LogP contribution in [0.4, 0.5) is 0 Å². The van der Waals surface area contributed by atoms with Gasteiger partial charge in [0, 0.05) is 0 Å². The molecule has 0 saturated heterocycles. The molecule has 1 aromatic rings. The van der Waals surface area contributed by atoms with Crippen LogP contribution in [-0.4, -0.2) is 7.85 Å². The van der Waals surface area contributed by atoms with E-state index >= 15 is 0 Å². The fourth-order valence-electron chi connectivity index (χ4n) is 1.24. The second-order valence-electron chi connectivity index (χ2n) is 2.78. The topological polar surface area (TPSA) is 0 Å². The van der Waals surface area contributed by atoms with Crippen molar-refractivity contribution < 1.29 is 0 Å². The van der Waals surface area contributed by atoms with Gasteiger partial charge in [-0.05, 0) is 24.5 Å². The van der Waals surface area contributed by atoms with Crippen molar-refractivity contribution in [2.45, 2.75) is 20.3 Å². The maximum atomic E-state index is 2.23.